The number of rotatable bonds is 5. The second-order valence-electron chi connectivity index (χ2n) is 6.29. The van der Waals surface area contributed by atoms with Gasteiger partial charge < -0.3 is 15.4 Å². The molecule has 0 saturated heterocycles. The van der Waals surface area contributed by atoms with Crippen molar-refractivity contribution in [3.05, 3.63) is 28.3 Å². The van der Waals surface area contributed by atoms with E-state index in [9.17, 15) is 0 Å². The number of nitrogens with zero attached hydrogens (tertiary/aromatic N) is 1. The third kappa shape index (κ3) is 4.22. The molecule has 0 heterocycles. The Labute approximate surface area is 117 Å². The summed E-state index contributed by atoms with van der Waals surface area (Å²) >= 11 is 0. The number of ether oxygens (including phenoxy) is 1. The van der Waals surface area contributed by atoms with Crippen LogP contribution in [-0.4, -0.2) is 31.1 Å². The van der Waals surface area contributed by atoms with Crippen molar-refractivity contribution in [2.75, 3.05) is 20.7 Å². The molecule has 1 rings (SSSR count). The van der Waals surface area contributed by atoms with Gasteiger partial charge >= 0.3 is 0 Å². The summed E-state index contributed by atoms with van der Waals surface area (Å²) in [6, 6.07) is 2.12. The summed E-state index contributed by atoms with van der Waals surface area (Å²) in [7, 11) is 3.84. The predicted octanol–water partition coefficient (Wildman–Crippen LogP) is 2.79. The van der Waals surface area contributed by atoms with Crippen LogP contribution in [0.5, 0.6) is 5.75 Å². The van der Waals surface area contributed by atoms with Gasteiger partial charge in [-0.15, -0.1) is 0 Å². The molecule has 0 aliphatic carbocycles. The van der Waals surface area contributed by atoms with E-state index in [1.165, 1.54) is 22.3 Å². The van der Waals surface area contributed by atoms with Crippen molar-refractivity contribution in [1.29, 1.82) is 0 Å². The highest BCUT2D eigenvalue weighted by Crippen LogP contribution is 2.28. The zero-order valence-electron chi connectivity index (χ0n) is 13.4. The summed E-state index contributed by atoms with van der Waals surface area (Å²) < 4.78 is 5.41. The molecule has 3 nitrogen and oxygen atoms in total. The maximum absolute atomic E-state index is 6.08. The van der Waals surface area contributed by atoms with Gasteiger partial charge in [0, 0.05) is 18.6 Å². The minimum Gasteiger partial charge on any atom is -0.496 e. The fourth-order valence-electron chi connectivity index (χ4n) is 2.58. The summed E-state index contributed by atoms with van der Waals surface area (Å²) in [5.74, 6) is 0.973. The first-order valence-corrected chi connectivity index (χ1v) is 6.77. The molecule has 0 aliphatic heterocycles. The predicted molar refractivity (Wildman–Crippen MR) is 81.8 cm³/mol. The molecule has 1 aromatic rings. The molecule has 2 N–H and O–H groups in total. The smallest absolute Gasteiger partial charge is 0.122 e. The van der Waals surface area contributed by atoms with E-state index in [1.807, 2.05) is 0 Å². The highest BCUT2D eigenvalue weighted by Gasteiger charge is 2.17. The molecular formula is C16H28N2O. The Morgan fingerprint density at radius 2 is 1.79 bits per heavy atom. The normalized spacial score (nSPS) is 12.1. The highest BCUT2D eigenvalue weighted by molar-refractivity contribution is 5.48. The van der Waals surface area contributed by atoms with Gasteiger partial charge in [-0.1, -0.05) is 0 Å². The van der Waals surface area contributed by atoms with Gasteiger partial charge in [0.05, 0.1) is 7.11 Å². The lowest BCUT2D eigenvalue weighted by Gasteiger charge is -2.28. The van der Waals surface area contributed by atoms with Crippen LogP contribution in [0.15, 0.2) is 6.07 Å². The second-order valence-corrected chi connectivity index (χ2v) is 6.29. The van der Waals surface area contributed by atoms with Crippen LogP contribution in [0, 0.1) is 20.8 Å². The summed E-state index contributed by atoms with van der Waals surface area (Å²) in [5.41, 5.74) is 11.1. The Bertz CT molecular complexity index is 447. The number of nitrogens with two attached hydrogens (primary N) is 1. The minimum atomic E-state index is -0.169. The van der Waals surface area contributed by atoms with E-state index >= 15 is 0 Å². The van der Waals surface area contributed by atoms with Crippen LogP contribution in [0.4, 0.5) is 0 Å². The quantitative estimate of drug-likeness (QED) is 0.888. The molecule has 0 radical (unpaired) electrons. The number of aryl methyl sites for hydroxylation is 1. The number of benzene rings is 1. The van der Waals surface area contributed by atoms with Crippen LogP contribution in [0.1, 0.15) is 36.1 Å². The lowest BCUT2D eigenvalue weighted by molar-refractivity contribution is 0.262. The topological polar surface area (TPSA) is 38.5 Å². The molecule has 0 unspecified atom stereocenters. The fourth-order valence-corrected chi connectivity index (χ4v) is 2.58. The van der Waals surface area contributed by atoms with Crippen LogP contribution in [-0.2, 0) is 6.54 Å². The lowest BCUT2D eigenvalue weighted by Crippen LogP contribution is -2.43. The van der Waals surface area contributed by atoms with E-state index in [2.05, 4.69) is 52.6 Å². The average molecular weight is 264 g/mol. The van der Waals surface area contributed by atoms with Crippen LogP contribution in [0.3, 0.4) is 0 Å². The summed E-state index contributed by atoms with van der Waals surface area (Å²) in [6.45, 7) is 12.3. The Balaban J connectivity index is 2.99. The molecule has 0 fully saturated rings. The van der Waals surface area contributed by atoms with Crippen LogP contribution >= 0.6 is 0 Å². The Hall–Kier alpha value is -1.06. The molecule has 108 valence electrons. The third-order valence-electron chi connectivity index (χ3n) is 3.53. The van der Waals surface area contributed by atoms with Crippen molar-refractivity contribution in [3.8, 4) is 5.75 Å². The van der Waals surface area contributed by atoms with Crippen molar-refractivity contribution in [3.63, 3.8) is 0 Å². The molecule has 0 spiro atoms. The second kappa shape index (κ2) is 5.93. The fraction of sp³-hybridized carbons (Fsp3) is 0.625. The van der Waals surface area contributed by atoms with Gasteiger partial charge in [-0.3, -0.25) is 0 Å². The van der Waals surface area contributed by atoms with Gasteiger partial charge in [-0.25, -0.2) is 0 Å². The molecular weight excluding hydrogens is 236 g/mol. The molecule has 0 aromatic heterocycles. The first-order chi connectivity index (χ1) is 8.65. The standard InChI is InChI=1S/C16H28N2O/c1-11-8-15(19-7)13(3)12(2)14(11)9-18(6)10-16(4,5)17/h8H,9-10,17H2,1-7H3. The molecule has 3 heteroatoms. The third-order valence-corrected chi connectivity index (χ3v) is 3.53. The molecule has 1 aromatic carbocycles. The average Bonchev–Trinajstić information content (AvgIpc) is 2.27. The van der Waals surface area contributed by atoms with Gasteiger partial charge in [0.1, 0.15) is 5.75 Å². The van der Waals surface area contributed by atoms with Crippen LogP contribution < -0.4 is 10.5 Å². The lowest BCUT2D eigenvalue weighted by atomic mass is 9.96. The van der Waals surface area contributed by atoms with Gasteiger partial charge in [-0.2, -0.15) is 0 Å². The first-order valence-electron chi connectivity index (χ1n) is 6.77. The molecule has 0 aliphatic rings. The van der Waals surface area contributed by atoms with Crippen molar-refractivity contribution in [2.45, 2.75) is 46.7 Å². The molecule has 0 atom stereocenters. The zero-order valence-corrected chi connectivity index (χ0v) is 13.4. The molecule has 0 bridgehead atoms. The van der Waals surface area contributed by atoms with Crippen molar-refractivity contribution >= 4 is 0 Å². The van der Waals surface area contributed by atoms with Crippen molar-refractivity contribution in [1.82, 2.24) is 4.90 Å². The number of methoxy groups -OCH3 is 1. The molecule has 19 heavy (non-hydrogen) atoms. The van der Waals surface area contributed by atoms with E-state index < -0.39 is 0 Å². The largest absolute Gasteiger partial charge is 0.496 e. The van der Waals surface area contributed by atoms with E-state index in [0.29, 0.717) is 0 Å². The summed E-state index contributed by atoms with van der Waals surface area (Å²) in [6.07, 6.45) is 0. The zero-order chi connectivity index (χ0) is 14.8. The van der Waals surface area contributed by atoms with Gasteiger partial charge in [-0.05, 0) is 70.0 Å². The first kappa shape index (κ1) is 16.0. The molecule has 0 amide bonds. The van der Waals surface area contributed by atoms with Crippen LogP contribution in [0.25, 0.3) is 0 Å². The van der Waals surface area contributed by atoms with E-state index in [4.69, 9.17) is 10.5 Å². The Kier molecular flexibility index (Phi) is 4.99. The maximum atomic E-state index is 6.08. The van der Waals surface area contributed by atoms with Crippen molar-refractivity contribution < 1.29 is 4.74 Å². The van der Waals surface area contributed by atoms with E-state index in [0.717, 1.165) is 18.8 Å². The number of hydrogen-bond donors (Lipinski definition) is 1. The molecule has 0 saturated carbocycles. The Morgan fingerprint density at radius 1 is 1.21 bits per heavy atom. The minimum absolute atomic E-state index is 0.169. The highest BCUT2D eigenvalue weighted by atomic mass is 16.5. The maximum Gasteiger partial charge on any atom is 0.122 e. The number of hydrogen-bond acceptors (Lipinski definition) is 3. The monoisotopic (exact) mass is 264 g/mol. The van der Waals surface area contributed by atoms with Gasteiger partial charge in [0.2, 0.25) is 0 Å². The van der Waals surface area contributed by atoms with Crippen LogP contribution in [0.2, 0.25) is 0 Å². The SMILES string of the molecule is COc1cc(C)c(CN(C)CC(C)(C)N)c(C)c1C. The summed E-state index contributed by atoms with van der Waals surface area (Å²) in [5, 5.41) is 0. The Morgan fingerprint density at radius 3 is 2.26 bits per heavy atom. The van der Waals surface area contributed by atoms with Crippen molar-refractivity contribution in [2.24, 2.45) is 5.73 Å². The van der Waals surface area contributed by atoms with Gasteiger partial charge in [0.15, 0.2) is 0 Å². The van der Waals surface area contributed by atoms with E-state index in [1.54, 1.807) is 7.11 Å². The summed E-state index contributed by atoms with van der Waals surface area (Å²) in [4.78, 5) is 2.28. The van der Waals surface area contributed by atoms with Gasteiger partial charge in [0.25, 0.3) is 0 Å². The number of likely N-dealkylation sites (N-methyl/N-ethyl adjacent to an activating group) is 1. The van der Waals surface area contributed by atoms with E-state index in [-0.39, 0.29) is 5.54 Å².